The van der Waals surface area contributed by atoms with Crippen LogP contribution in [0.5, 0.6) is 0 Å². The average Bonchev–Trinajstić information content (AvgIpc) is 2.84. The van der Waals surface area contributed by atoms with Crippen molar-refractivity contribution >= 4 is 5.97 Å². The number of aliphatic hydroxyl groups excluding tert-OH is 2. The Bertz CT molecular complexity index is 952. The van der Waals surface area contributed by atoms with E-state index in [0.29, 0.717) is 6.42 Å². The molecule has 216 valence electrons. The number of benzene rings is 1. The van der Waals surface area contributed by atoms with Crippen LogP contribution in [-0.4, -0.2) is 57.4 Å². The molecule has 7 nitrogen and oxygen atoms in total. The van der Waals surface area contributed by atoms with E-state index in [1.807, 2.05) is 13.8 Å². The van der Waals surface area contributed by atoms with Gasteiger partial charge in [0.2, 0.25) is 0 Å². The van der Waals surface area contributed by atoms with Gasteiger partial charge in [-0.25, -0.2) is 0 Å². The van der Waals surface area contributed by atoms with E-state index in [2.05, 4.69) is 46.8 Å². The molecule has 0 spiro atoms. The fraction of sp³-hybridized carbons (Fsp3) is 0.774. The normalized spacial score (nSPS) is 43.3. The van der Waals surface area contributed by atoms with Crippen molar-refractivity contribution in [1.82, 2.24) is 0 Å². The van der Waals surface area contributed by atoms with Crippen molar-refractivity contribution in [2.75, 3.05) is 0 Å². The number of rotatable bonds is 2. The summed E-state index contributed by atoms with van der Waals surface area (Å²) in [6.45, 7) is 19.2. The van der Waals surface area contributed by atoms with E-state index in [-0.39, 0.29) is 36.4 Å². The maximum Gasteiger partial charge on any atom is 0.311 e. The van der Waals surface area contributed by atoms with E-state index >= 15 is 0 Å². The highest BCUT2D eigenvalue weighted by Gasteiger charge is 2.48. The van der Waals surface area contributed by atoms with Crippen LogP contribution >= 0.6 is 0 Å². The molecule has 0 aliphatic carbocycles. The molecular formula is C31H50O7. The first kappa shape index (κ1) is 31.0. The van der Waals surface area contributed by atoms with Crippen LogP contribution in [0.25, 0.3) is 0 Å². The summed E-state index contributed by atoms with van der Waals surface area (Å²) < 4.78 is 19.4. The Morgan fingerprint density at radius 2 is 1.47 bits per heavy atom. The summed E-state index contributed by atoms with van der Waals surface area (Å²) in [5.41, 5.74) is 2.84. The Balaban J connectivity index is 2.10. The minimum absolute atomic E-state index is 0.0635. The molecular weight excluding hydrogens is 484 g/mol. The fourth-order valence-corrected chi connectivity index (χ4v) is 6.97. The Kier molecular flexibility index (Phi) is 9.74. The predicted octanol–water partition coefficient (Wildman–Crippen LogP) is 4.77. The van der Waals surface area contributed by atoms with Crippen molar-refractivity contribution in [1.29, 1.82) is 0 Å². The van der Waals surface area contributed by atoms with Gasteiger partial charge in [-0.3, -0.25) is 4.79 Å². The maximum atomic E-state index is 13.1. The van der Waals surface area contributed by atoms with E-state index in [1.165, 1.54) is 5.56 Å². The van der Waals surface area contributed by atoms with Crippen molar-refractivity contribution in [3.8, 4) is 0 Å². The van der Waals surface area contributed by atoms with Crippen molar-refractivity contribution in [2.45, 2.75) is 124 Å². The second-order valence-electron chi connectivity index (χ2n) is 12.6. The fourth-order valence-electron chi connectivity index (χ4n) is 6.97. The standard InChI is InChI=1S/C31H50O7/c1-11-23-19(6)27-22(9)26(37-30(38-27)24-16(3)12-15(2)13-17(24)4)18(5)14-31(10,35)28(33)20(7)25(32)21(8)29(34)36-23/h12-13,18-23,25-28,30,32-33,35H,11,14H2,1-10H3/t18-,19+,20+,21-,22+,23-,25+,26+,27+,28-,30-,31-/m1/s1. The molecule has 2 aliphatic heterocycles. The lowest BCUT2D eigenvalue weighted by atomic mass is 9.74. The zero-order valence-corrected chi connectivity index (χ0v) is 24.9. The highest BCUT2D eigenvalue weighted by Crippen LogP contribution is 2.44. The predicted molar refractivity (Wildman–Crippen MR) is 146 cm³/mol. The maximum absolute atomic E-state index is 13.1. The molecule has 0 saturated carbocycles. The molecule has 0 radical (unpaired) electrons. The van der Waals surface area contributed by atoms with Crippen molar-refractivity contribution in [3.05, 3.63) is 34.4 Å². The zero-order valence-electron chi connectivity index (χ0n) is 24.9. The summed E-state index contributed by atoms with van der Waals surface area (Å²) in [6.07, 6.45) is -3.14. The van der Waals surface area contributed by atoms with Gasteiger partial charge in [-0.15, -0.1) is 0 Å². The van der Waals surface area contributed by atoms with Gasteiger partial charge >= 0.3 is 5.97 Å². The molecule has 38 heavy (non-hydrogen) atoms. The van der Waals surface area contributed by atoms with E-state index in [1.54, 1.807) is 20.8 Å². The molecule has 3 rings (SSSR count). The van der Waals surface area contributed by atoms with Gasteiger partial charge < -0.3 is 29.5 Å². The number of fused-ring (bicyclic) bond motifs is 2. The smallest absolute Gasteiger partial charge is 0.311 e. The number of hydrogen-bond donors (Lipinski definition) is 3. The Hall–Kier alpha value is -1.51. The minimum Gasteiger partial charge on any atom is -0.462 e. The van der Waals surface area contributed by atoms with Gasteiger partial charge in [0.15, 0.2) is 6.29 Å². The van der Waals surface area contributed by atoms with Crippen LogP contribution < -0.4 is 0 Å². The molecule has 2 saturated heterocycles. The van der Waals surface area contributed by atoms with E-state index < -0.39 is 48.0 Å². The van der Waals surface area contributed by atoms with Gasteiger partial charge in [-0.1, -0.05) is 52.3 Å². The molecule has 2 fully saturated rings. The summed E-state index contributed by atoms with van der Waals surface area (Å²) in [5, 5.41) is 33.5. The van der Waals surface area contributed by atoms with Crippen LogP contribution in [0.2, 0.25) is 0 Å². The van der Waals surface area contributed by atoms with Gasteiger partial charge in [0.25, 0.3) is 0 Å². The Morgan fingerprint density at radius 3 is 2.03 bits per heavy atom. The van der Waals surface area contributed by atoms with Gasteiger partial charge in [0, 0.05) is 23.3 Å². The number of esters is 1. The SMILES string of the molecule is CC[C@H]1OC(=O)[C@H](C)[C@@H](O)[C@H](C)[C@@H](O)[C@](C)(O)C[C@@H](C)[C@@H]2O[C@@H](c3c(C)cc(C)cc3C)O[C@H]([C@H]2C)[C@H]1C. The van der Waals surface area contributed by atoms with Crippen molar-refractivity contribution in [3.63, 3.8) is 0 Å². The van der Waals surface area contributed by atoms with Crippen LogP contribution in [0.4, 0.5) is 0 Å². The van der Waals surface area contributed by atoms with Crippen LogP contribution in [0.1, 0.15) is 89.9 Å². The second-order valence-corrected chi connectivity index (χ2v) is 12.6. The Labute approximate surface area is 228 Å². The lowest BCUT2D eigenvalue weighted by Crippen LogP contribution is -2.54. The molecule has 1 aromatic rings. The van der Waals surface area contributed by atoms with Crippen LogP contribution in [-0.2, 0) is 19.0 Å². The van der Waals surface area contributed by atoms with Crippen LogP contribution in [0, 0.1) is 50.4 Å². The molecule has 0 amide bonds. The molecule has 1 aromatic carbocycles. The van der Waals surface area contributed by atoms with Gasteiger partial charge in [0.1, 0.15) is 6.10 Å². The van der Waals surface area contributed by atoms with Crippen molar-refractivity contribution in [2.24, 2.45) is 29.6 Å². The van der Waals surface area contributed by atoms with Gasteiger partial charge in [-0.2, -0.15) is 0 Å². The Morgan fingerprint density at radius 1 is 0.921 bits per heavy atom. The molecule has 3 N–H and O–H groups in total. The molecule has 0 aromatic heterocycles. The number of aliphatic hydroxyl groups is 3. The summed E-state index contributed by atoms with van der Waals surface area (Å²) in [6, 6.07) is 4.25. The number of carbonyl (C=O) groups is 1. The second kappa shape index (κ2) is 11.9. The number of carbonyl (C=O) groups excluding carboxylic acids is 1. The average molecular weight is 535 g/mol. The summed E-state index contributed by atoms with van der Waals surface area (Å²) in [5.74, 6) is -2.45. The third-order valence-electron chi connectivity index (χ3n) is 9.20. The first-order valence-electron chi connectivity index (χ1n) is 14.3. The molecule has 7 heteroatoms. The largest absolute Gasteiger partial charge is 0.462 e. The molecule has 0 unspecified atom stereocenters. The number of cyclic esters (lactones) is 1. The third kappa shape index (κ3) is 6.12. The lowest BCUT2D eigenvalue weighted by molar-refractivity contribution is -0.298. The zero-order chi connectivity index (χ0) is 28.7. The molecule has 2 aliphatic rings. The van der Waals surface area contributed by atoms with E-state index in [9.17, 15) is 20.1 Å². The minimum atomic E-state index is -1.51. The topological polar surface area (TPSA) is 105 Å². The highest BCUT2D eigenvalue weighted by molar-refractivity contribution is 5.73. The van der Waals surface area contributed by atoms with Crippen molar-refractivity contribution < 1.29 is 34.3 Å². The van der Waals surface area contributed by atoms with Crippen LogP contribution in [0.3, 0.4) is 0 Å². The quantitative estimate of drug-likeness (QED) is 0.469. The van der Waals surface area contributed by atoms with Crippen LogP contribution in [0.15, 0.2) is 12.1 Å². The summed E-state index contributed by atoms with van der Waals surface area (Å²) in [7, 11) is 0. The highest BCUT2D eigenvalue weighted by atomic mass is 16.7. The monoisotopic (exact) mass is 534 g/mol. The van der Waals surface area contributed by atoms with E-state index in [0.717, 1.165) is 16.7 Å². The first-order valence-corrected chi connectivity index (χ1v) is 14.3. The molecule has 2 bridgehead atoms. The summed E-state index contributed by atoms with van der Waals surface area (Å²) in [4.78, 5) is 13.1. The molecule has 2 heterocycles. The van der Waals surface area contributed by atoms with Gasteiger partial charge in [-0.05, 0) is 64.5 Å². The third-order valence-corrected chi connectivity index (χ3v) is 9.20. The van der Waals surface area contributed by atoms with E-state index in [4.69, 9.17) is 14.2 Å². The first-order chi connectivity index (χ1) is 17.6. The summed E-state index contributed by atoms with van der Waals surface area (Å²) >= 11 is 0. The number of hydrogen-bond acceptors (Lipinski definition) is 7. The lowest BCUT2D eigenvalue weighted by Gasteiger charge is -2.48. The molecule has 12 atom stereocenters. The number of ether oxygens (including phenoxy) is 3. The van der Waals surface area contributed by atoms with Gasteiger partial charge in [0.05, 0.1) is 35.9 Å². The number of aryl methyl sites for hydroxylation is 3.